The van der Waals surface area contributed by atoms with E-state index in [1.165, 1.54) is 18.2 Å². The molecule has 0 bridgehead atoms. The van der Waals surface area contributed by atoms with Gasteiger partial charge in [-0.1, -0.05) is 12.1 Å². The number of aromatic nitrogens is 1. The third kappa shape index (κ3) is 2.01. The van der Waals surface area contributed by atoms with Gasteiger partial charge in [0.1, 0.15) is 5.82 Å². The van der Waals surface area contributed by atoms with Crippen molar-refractivity contribution in [3.63, 3.8) is 0 Å². The van der Waals surface area contributed by atoms with E-state index in [0.29, 0.717) is 5.69 Å². The standard InChI is InChI=1S/C12H9F2N/c1-8-11(6-7-12(14)15-8)9-2-4-10(13)5-3-9/h2-7H,1H3. The average molecular weight is 205 g/mol. The van der Waals surface area contributed by atoms with Crippen LogP contribution in [0.25, 0.3) is 11.1 Å². The summed E-state index contributed by atoms with van der Waals surface area (Å²) in [4.78, 5) is 3.71. The van der Waals surface area contributed by atoms with E-state index in [0.717, 1.165) is 11.1 Å². The summed E-state index contributed by atoms with van der Waals surface area (Å²) in [5.74, 6) is -0.787. The first-order valence-corrected chi connectivity index (χ1v) is 4.56. The highest BCUT2D eigenvalue weighted by molar-refractivity contribution is 5.65. The largest absolute Gasteiger partial charge is 0.224 e. The van der Waals surface area contributed by atoms with Crippen LogP contribution < -0.4 is 0 Å². The van der Waals surface area contributed by atoms with Crippen LogP contribution in [0.3, 0.4) is 0 Å². The fourth-order valence-electron chi connectivity index (χ4n) is 1.46. The number of aryl methyl sites for hydroxylation is 1. The lowest BCUT2D eigenvalue weighted by molar-refractivity contribution is 0.580. The molecular formula is C12H9F2N. The molecule has 1 aromatic heterocycles. The van der Waals surface area contributed by atoms with Gasteiger partial charge in [-0.15, -0.1) is 0 Å². The molecule has 2 rings (SSSR count). The van der Waals surface area contributed by atoms with E-state index in [1.807, 2.05) is 0 Å². The molecule has 15 heavy (non-hydrogen) atoms. The van der Waals surface area contributed by atoms with Crippen LogP contribution in [0.2, 0.25) is 0 Å². The minimum absolute atomic E-state index is 0.286. The molecule has 0 atom stereocenters. The molecule has 0 fully saturated rings. The zero-order valence-corrected chi connectivity index (χ0v) is 8.17. The zero-order valence-electron chi connectivity index (χ0n) is 8.17. The normalized spacial score (nSPS) is 10.3. The number of nitrogens with zero attached hydrogens (tertiary/aromatic N) is 1. The Kier molecular flexibility index (Phi) is 2.46. The van der Waals surface area contributed by atoms with Crippen molar-refractivity contribution in [1.29, 1.82) is 0 Å². The summed E-state index contributed by atoms with van der Waals surface area (Å²) in [5.41, 5.74) is 2.25. The molecule has 3 heteroatoms. The second kappa shape index (κ2) is 3.77. The van der Waals surface area contributed by atoms with E-state index < -0.39 is 5.95 Å². The van der Waals surface area contributed by atoms with Crippen molar-refractivity contribution in [2.75, 3.05) is 0 Å². The Bertz CT molecular complexity index is 477. The van der Waals surface area contributed by atoms with Gasteiger partial charge in [-0.2, -0.15) is 4.39 Å². The molecule has 76 valence electrons. The minimum atomic E-state index is -0.502. The van der Waals surface area contributed by atoms with E-state index in [1.54, 1.807) is 25.1 Å². The molecule has 1 heterocycles. The number of hydrogen-bond acceptors (Lipinski definition) is 1. The number of hydrogen-bond donors (Lipinski definition) is 0. The molecule has 0 N–H and O–H groups in total. The summed E-state index contributed by atoms with van der Waals surface area (Å²) in [6.45, 7) is 1.72. The predicted octanol–water partition coefficient (Wildman–Crippen LogP) is 3.34. The molecule has 1 aromatic carbocycles. The van der Waals surface area contributed by atoms with Gasteiger partial charge in [-0.25, -0.2) is 9.37 Å². The molecule has 0 aliphatic heterocycles. The lowest BCUT2D eigenvalue weighted by Gasteiger charge is -2.04. The first-order valence-electron chi connectivity index (χ1n) is 4.56. The van der Waals surface area contributed by atoms with Crippen LogP contribution in [0, 0.1) is 18.7 Å². The van der Waals surface area contributed by atoms with E-state index in [4.69, 9.17) is 0 Å². The zero-order chi connectivity index (χ0) is 10.8. The maximum atomic E-state index is 12.8. The fraction of sp³-hybridized carbons (Fsp3) is 0.0833. The summed E-state index contributed by atoms with van der Waals surface area (Å²) in [5, 5.41) is 0. The number of benzene rings is 1. The smallest absolute Gasteiger partial charge is 0.213 e. The van der Waals surface area contributed by atoms with E-state index >= 15 is 0 Å². The SMILES string of the molecule is Cc1nc(F)ccc1-c1ccc(F)cc1. The average Bonchev–Trinajstić information content (AvgIpc) is 2.20. The lowest BCUT2D eigenvalue weighted by atomic mass is 10.0. The fourth-order valence-corrected chi connectivity index (χ4v) is 1.46. The molecule has 1 nitrogen and oxygen atoms in total. The summed E-state index contributed by atoms with van der Waals surface area (Å²) in [6.07, 6.45) is 0. The van der Waals surface area contributed by atoms with Gasteiger partial charge < -0.3 is 0 Å². The van der Waals surface area contributed by atoms with Crippen molar-refractivity contribution < 1.29 is 8.78 Å². The van der Waals surface area contributed by atoms with Crippen LogP contribution in [0.4, 0.5) is 8.78 Å². The van der Waals surface area contributed by atoms with Gasteiger partial charge in [0.05, 0.1) is 0 Å². The van der Waals surface area contributed by atoms with E-state index in [-0.39, 0.29) is 5.82 Å². The quantitative estimate of drug-likeness (QED) is 0.650. The van der Waals surface area contributed by atoms with Crippen molar-refractivity contribution in [3.05, 3.63) is 53.9 Å². The highest BCUT2D eigenvalue weighted by Crippen LogP contribution is 2.22. The van der Waals surface area contributed by atoms with Crippen molar-refractivity contribution in [2.45, 2.75) is 6.92 Å². The van der Waals surface area contributed by atoms with Gasteiger partial charge in [0.15, 0.2) is 0 Å². The number of halogens is 2. The van der Waals surface area contributed by atoms with Crippen LogP contribution >= 0.6 is 0 Å². The van der Waals surface area contributed by atoms with Gasteiger partial charge in [-0.3, -0.25) is 0 Å². The Morgan fingerprint density at radius 1 is 0.933 bits per heavy atom. The third-order valence-corrected chi connectivity index (χ3v) is 2.21. The molecule has 0 radical (unpaired) electrons. The van der Waals surface area contributed by atoms with Crippen LogP contribution in [0.5, 0.6) is 0 Å². The second-order valence-electron chi connectivity index (χ2n) is 3.27. The molecule has 0 amide bonds. The Hall–Kier alpha value is -1.77. The van der Waals surface area contributed by atoms with Gasteiger partial charge in [0.2, 0.25) is 5.95 Å². The molecule has 0 unspecified atom stereocenters. The van der Waals surface area contributed by atoms with Gasteiger partial charge in [-0.05, 0) is 36.8 Å². The second-order valence-corrected chi connectivity index (χ2v) is 3.27. The summed E-state index contributed by atoms with van der Waals surface area (Å²) < 4.78 is 25.4. The van der Waals surface area contributed by atoms with Crippen LogP contribution in [0.15, 0.2) is 36.4 Å². The maximum Gasteiger partial charge on any atom is 0.213 e. The Morgan fingerprint density at radius 3 is 2.20 bits per heavy atom. The first-order chi connectivity index (χ1) is 7.16. The van der Waals surface area contributed by atoms with Crippen molar-refractivity contribution in [2.24, 2.45) is 0 Å². The molecule has 0 saturated carbocycles. The molecule has 0 spiro atoms. The first kappa shape index (κ1) is 9.77. The van der Waals surface area contributed by atoms with Gasteiger partial charge >= 0.3 is 0 Å². The molecule has 0 aliphatic carbocycles. The maximum absolute atomic E-state index is 12.8. The Morgan fingerprint density at radius 2 is 1.60 bits per heavy atom. The van der Waals surface area contributed by atoms with Crippen molar-refractivity contribution in [1.82, 2.24) is 4.98 Å². The van der Waals surface area contributed by atoms with Crippen molar-refractivity contribution in [3.8, 4) is 11.1 Å². The Balaban J connectivity index is 2.49. The highest BCUT2D eigenvalue weighted by Gasteiger charge is 2.04. The van der Waals surface area contributed by atoms with E-state index in [9.17, 15) is 8.78 Å². The minimum Gasteiger partial charge on any atom is -0.224 e. The van der Waals surface area contributed by atoms with Gasteiger partial charge in [0, 0.05) is 11.3 Å². The predicted molar refractivity (Wildman–Crippen MR) is 54.3 cm³/mol. The molecule has 0 saturated heterocycles. The molecule has 0 aliphatic rings. The lowest BCUT2D eigenvalue weighted by Crippen LogP contribution is -1.90. The molecular weight excluding hydrogens is 196 g/mol. The van der Waals surface area contributed by atoms with Crippen LogP contribution in [-0.2, 0) is 0 Å². The summed E-state index contributed by atoms with van der Waals surface area (Å²) in [7, 11) is 0. The number of rotatable bonds is 1. The highest BCUT2D eigenvalue weighted by atomic mass is 19.1. The topological polar surface area (TPSA) is 12.9 Å². The summed E-state index contributed by atoms with van der Waals surface area (Å²) >= 11 is 0. The van der Waals surface area contributed by atoms with Gasteiger partial charge in [0.25, 0.3) is 0 Å². The Labute approximate surface area is 86.4 Å². The third-order valence-electron chi connectivity index (χ3n) is 2.21. The monoisotopic (exact) mass is 205 g/mol. The van der Waals surface area contributed by atoms with Crippen molar-refractivity contribution >= 4 is 0 Å². The molecule has 2 aromatic rings. The summed E-state index contributed by atoms with van der Waals surface area (Å²) in [6, 6.07) is 8.99. The number of pyridine rings is 1. The van der Waals surface area contributed by atoms with Crippen LogP contribution in [0.1, 0.15) is 5.69 Å². The van der Waals surface area contributed by atoms with Crippen LogP contribution in [-0.4, -0.2) is 4.98 Å². The van der Waals surface area contributed by atoms with E-state index in [2.05, 4.69) is 4.98 Å².